The maximum atomic E-state index is 11.3. The second kappa shape index (κ2) is 6.50. The van der Waals surface area contributed by atoms with Gasteiger partial charge in [0.25, 0.3) is 0 Å². The van der Waals surface area contributed by atoms with E-state index in [0.717, 1.165) is 17.7 Å². The van der Waals surface area contributed by atoms with Crippen molar-refractivity contribution in [2.45, 2.75) is 32.9 Å². The van der Waals surface area contributed by atoms with Crippen molar-refractivity contribution >= 4 is 18.3 Å². The molecule has 0 radical (unpaired) electrons. The molecule has 92 valence electrons. The largest absolute Gasteiger partial charge is 0.351 e. The highest BCUT2D eigenvalue weighted by Gasteiger charge is 2.09. The second-order valence-electron chi connectivity index (χ2n) is 3.63. The summed E-state index contributed by atoms with van der Waals surface area (Å²) in [6.45, 7) is 4.20. The van der Waals surface area contributed by atoms with Gasteiger partial charge < -0.3 is 11.1 Å². The molecule has 1 heterocycles. The number of rotatable bonds is 4. The number of hydrogen-bond acceptors (Lipinski definition) is 3. The van der Waals surface area contributed by atoms with Gasteiger partial charge in [-0.25, -0.2) is 0 Å². The molecule has 3 N–H and O–H groups in total. The molecule has 16 heavy (non-hydrogen) atoms. The molecule has 0 unspecified atom stereocenters. The van der Waals surface area contributed by atoms with E-state index in [9.17, 15) is 4.79 Å². The zero-order chi connectivity index (χ0) is 11.4. The molecule has 0 aromatic carbocycles. The molecule has 6 heteroatoms. The number of amides is 1. The van der Waals surface area contributed by atoms with Crippen molar-refractivity contribution in [3.63, 3.8) is 0 Å². The van der Waals surface area contributed by atoms with Crippen molar-refractivity contribution < 1.29 is 4.79 Å². The van der Waals surface area contributed by atoms with Gasteiger partial charge in [-0.1, -0.05) is 6.92 Å². The fourth-order valence-electron chi connectivity index (χ4n) is 1.37. The number of nitrogens with one attached hydrogen (secondary N) is 1. The summed E-state index contributed by atoms with van der Waals surface area (Å²) in [6, 6.07) is -0.466. The minimum atomic E-state index is -0.466. The Hall–Kier alpha value is -1.07. The van der Waals surface area contributed by atoms with Crippen LogP contribution in [0.5, 0.6) is 0 Å². The number of nitrogens with zero attached hydrogens (tertiary/aromatic N) is 2. The molecule has 0 saturated carbocycles. The third-order valence-electron chi connectivity index (χ3n) is 2.19. The van der Waals surface area contributed by atoms with Gasteiger partial charge in [-0.05, 0) is 13.3 Å². The van der Waals surface area contributed by atoms with Gasteiger partial charge in [0, 0.05) is 25.4 Å². The van der Waals surface area contributed by atoms with Gasteiger partial charge in [0.2, 0.25) is 5.91 Å². The molecule has 0 spiro atoms. The van der Waals surface area contributed by atoms with Crippen LogP contribution in [0.1, 0.15) is 25.1 Å². The highest BCUT2D eigenvalue weighted by molar-refractivity contribution is 5.85. The normalized spacial score (nSPS) is 11.8. The van der Waals surface area contributed by atoms with E-state index in [1.807, 2.05) is 20.2 Å². The lowest BCUT2D eigenvalue weighted by atomic mass is 10.2. The van der Waals surface area contributed by atoms with Crippen LogP contribution in [0, 0.1) is 0 Å². The first-order valence-electron chi connectivity index (χ1n) is 5.09. The Kier molecular flexibility index (Phi) is 6.06. The molecule has 5 nitrogen and oxygen atoms in total. The van der Waals surface area contributed by atoms with Crippen LogP contribution in [-0.2, 0) is 24.8 Å². The summed E-state index contributed by atoms with van der Waals surface area (Å²) < 4.78 is 1.76. The monoisotopic (exact) mass is 246 g/mol. The fourth-order valence-corrected chi connectivity index (χ4v) is 1.37. The van der Waals surface area contributed by atoms with Crippen LogP contribution >= 0.6 is 12.4 Å². The quantitative estimate of drug-likeness (QED) is 0.806. The Balaban J connectivity index is 0.00000225. The summed E-state index contributed by atoms with van der Waals surface area (Å²) in [5.74, 6) is -0.138. The van der Waals surface area contributed by atoms with E-state index in [1.54, 1.807) is 11.6 Å². The lowest BCUT2D eigenvalue weighted by Crippen LogP contribution is -2.37. The molecule has 0 aliphatic rings. The standard InChI is InChI=1S/C10H18N4O.ClH/c1-4-9-8(6-14(3)13-9)5-12-10(15)7(2)11;/h6-7H,4-5,11H2,1-3H3,(H,12,15);1H/t7-;/m1./s1. The first kappa shape index (κ1) is 14.9. The topological polar surface area (TPSA) is 72.9 Å². The Morgan fingerprint density at radius 1 is 1.69 bits per heavy atom. The third-order valence-corrected chi connectivity index (χ3v) is 2.19. The number of carbonyl (C=O) groups is 1. The number of aryl methyl sites for hydroxylation is 2. The maximum absolute atomic E-state index is 11.3. The summed E-state index contributed by atoms with van der Waals surface area (Å²) >= 11 is 0. The minimum absolute atomic E-state index is 0. The van der Waals surface area contributed by atoms with E-state index in [-0.39, 0.29) is 18.3 Å². The average molecular weight is 247 g/mol. The smallest absolute Gasteiger partial charge is 0.236 e. The van der Waals surface area contributed by atoms with E-state index in [1.165, 1.54) is 0 Å². The molecule has 1 amide bonds. The van der Waals surface area contributed by atoms with Crippen LogP contribution < -0.4 is 11.1 Å². The van der Waals surface area contributed by atoms with Crippen LogP contribution in [-0.4, -0.2) is 21.7 Å². The predicted molar refractivity (Wildman–Crippen MR) is 65.3 cm³/mol. The summed E-state index contributed by atoms with van der Waals surface area (Å²) in [5.41, 5.74) is 7.51. The van der Waals surface area contributed by atoms with Gasteiger partial charge in [-0.3, -0.25) is 9.48 Å². The third kappa shape index (κ3) is 3.83. The maximum Gasteiger partial charge on any atom is 0.236 e. The fraction of sp³-hybridized carbons (Fsp3) is 0.600. The van der Waals surface area contributed by atoms with E-state index in [2.05, 4.69) is 10.4 Å². The Labute approximate surface area is 102 Å². The van der Waals surface area contributed by atoms with Gasteiger partial charge in [-0.2, -0.15) is 5.10 Å². The summed E-state index contributed by atoms with van der Waals surface area (Å²) in [5, 5.41) is 7.06. The van der Waals surface area contributed by atoms with E-state index in [0.29, 0.717) is 6.54 Å². The Bertz CT molecular complexity index is 349. The second-order valence-corrected chi connectivity index (χ2v) is 3.63. The molecule has 1 rings (SSSR count). The molecular formula is C10H19ClN4O. The number of hydrogen-bond donors (Lipinski definition) is 2. The molecule has 0 aliphatic carbocycles. The number of halogens is 1. The van der Waals surface area contributed by atoms with Crippen LogP contribution in [0.25, 0.3) is 0 Å². The predicted octanol–water partition coefficient (Wildman–Crippen LogP) is 0.368. The van der Waals surface area contributed by atoms with Gasteiger partial charge in [0.05, 0.1) is 11.7 Å². The van der Waals surface area contributed by atoms with E-state index < -0.39 is 6.04 Å². The van der Waals surface area contributed by atoms with Crippen LogP contribution in [0.3, 0.4) is 0 Å². The molecule has 0 aliphatic heterocycles. The number of nitrogens with two attached hydrogens (primary N) is 1. The average Bonchev–Trinajstić information content (AvgIpc) is 2.55. The van der Waals surface area contributed by atoms with Crippen molar-refractivity contribution in [1.29, 1.82) is 0 Å². The SMILES string of the molecule is CCc1nn(C)cc1CNC(=O)[C@@H](C)N.Cl. The Morgan fingerprint density at radius 3 is 2.81 bits per heavy atom. The number of carbonyl (C=O) groups excluding carboxylic acids is 1. The summed E-state index contributed by atoms with van der Waals surface area (Å²) in [6.07, 6.45) is 2.78. The highest BCUT2D eigenvalue weighted by atomic mass is 35.5. The molecule has 1 aromatic rings. The first-order valence-corrected chi connectivity index (χ1v) is 5.09. The van der Waals surface area contributed by atoms with Gasteiger partial charge in [0.15, 0.2) is 0 Å². The van der Waals surface area contributed by atoms with Gasteiger partial charge >= 0.3 is 0 Å². The number of aromatic nitrogens is 2. The highest BCUT2D eigenvalue weighted by Crippen LogP contribution is 2.06. The minimum Gasteiger partial charge on any atom is -0.351 e. The van der Waals surface area contributed by atoms with Crippen molar-refractivity contribution in [1.82, 2.24) is 15.1 Å². The molecule has 0 saturated heterocycles. The van der Waals surface area contributed by atoms with Crippen molar-refractivity contribution in [3.05, 3.63) is 17.5 Å². The lowest BCUT2D eigenvalue weighted by Gasteiger charge is -2.06. The summed E-state index contributed by atoms with van der Waals surface area (Å²) in [4.78, 5) is 11.3. The lowest BCUT2D eigenvalue weighted by molar-refractivity contribution is -0.122. The van der Waals surface area contributed by atoms with Crippen LogP contribution in [0.15, 0.2) is 6.20 Å². The zero-order valence-electron chi connectivity index (χ0n) is 9.86. The molecule has 0 fully saturated rings. The molecular weight excluding hydrogens is 228 g/mol. The van der Waals surface area contributed by atoms with Gasteiger partial charge in [0.1, 0.15) is 0 Å². The zero-order valence-corrected chi connectivity index (χ0v) is 10.7. The van der Waals surface area contributed by atoms with Gasteiger partial charge in [-0.15, -0.1) is 12.4 Å². The van der Waals surface area contributed by atoms with E-state index in [4.69, 9.17) is 5.73 Å². The molecule has 0 bridgehead atoms. The van der Waals surface area contributed by atoms with Crippen LogP contribution in [0.4, 0.5) is 0 Å². The summed E-state index contributed by atoms with van der Waals surface area (Å²) in [7, 11) is 1.87. The molecule has 1 atom stereocenters. The first-order chi connectivity index (χ1) is 7.04. The van der Waals surface area contributed by atoms with Crippen molar-refractivity contribution in [2.24, 2.45) is 12.8 Å². The Morgan fingerprint density at radius 2 is 2.31 bits per heavy atom. The van der Waals surface area contributed by atoms with Crippen LogP contribution in [0.2, 0.25) is 0 Å². The van der Waals surface area contributed by atoms with Crippen molar-refractivity contribution in [2.75, 3.05) is 0 Å². The van der Waals surface area contributed by atoms with Crippen molar-refractivity contribution in [3.8, 4) is 0 Å². The molecule has 1 aromatic heterocycles. The van der Waals surface area contributed by atoms with E-state index >= 15 is 0 Å².